The molecule has 31 heavy (non-hydrogen) atoms. The summed E-state index contributed by atoms with van der Waals surface area (Å²) in [7, 11) is 0. The summed E-state index contributed by atoms with van der Waals surface area (Å²) in [5, 5.41) is 7.31. The van der Waals surface area contributed by atoms with Gasteiger partial charge in [0.15, 0.2) is 6.61 Å². The van der Waals surface area contributed by atoms with Crippen LogP contribution < -0.4 is 16.0 Å². The quantitative estimate of drug-likeness (QED) is 0.559. The van der Waals surface area contributed by atoms with Gasteiger partial charge in [0, 0.05) is 36.5 Å². The first-order chi connectivity index (χ1) is 14.9. The number of halogens is 2. The van der Waals surface area contributed by atoms with Gasteiger partial charge in [-0.15, -0.1) is 5.10 Å². The number of nitrogens with one attached hydrogen (secondary N) is 1. The molecule has 1 saturated carbocycles. The Hall–Kier alpha value is -3.76. The first-order valence-corrected chi connectivity index (χ1v) is 9.54. The van der Waals surface area contributed by atoms with Gasteiger partial charge >= 0.3 is 6.01 Å². The number of carbonyl (C=O) groups is 1. The first kappa shape index (κ1) is 20.5. The third-order valence-electron chi connectivity index (χ3n) is 4.78. The number of nitrogens with zero attached hydrogens (tertiary/aromatic N) is 3. The molecule has 2 aromatic heterocycles. The summed E-state index contributed by atoms with van der Waals surface area (Å²) in [5.74, 6) is -1.88. The Kier molecular flexibility index (Phi) is 5.65. The summed E-state index contributed by atoms with van der Waals surface area (Å²) in [4.78, 5) is 28.0. The zero-order chi connectivity index (χ0) is 22.0. The molecule has 0 saturated heterocycles. The molecule has 0 aliphatic heterocycles. The Morgan fingerprint density at radius 3 is 2.71 bits per heavy atom. The van der Waals surface area contributed by atoms with Gasteiger partial charge in [0.05, 0.1) is 6.54 Å². The number of nitrogen functional groups attached to an aromatic ring is 1. The molecule has 9 nitrogen and oxygen atoms in total. The normalized spacial score (nSPS) is 13.2. The van der Waals surface area contributed by atoms with Crippen LogP contribution in [0.1, 0.15) is 35.8 Å². The molecule has 11 heteroatoms. The fraction of sp³-hybridized carbons (Fsp3) is 0.300. The van der Waals surface area contributed by atoms with Crippen molar-refractivity contribution >= 4 is 11.9 Å². The van der Waals surface area contributed by atoms with Crippen molar-refractivity contribution in [2.45, 2.75) is 31.8 Å². The minimum absolute atomic E-state index is 0.0133. The van der Waals surface area contributed by atoms with Crippen LogP contribution in [0.25, 0.3) is 0 Å². The Morgan fingerprint density at radius 1 is 1.26 bits per heavy atom. The van der Waals surface area contributed by atoms with Crippen molar-refractivity contribution in [2.24, 2.45) is 0 Å². The van der Waals surface area contributed by atoms with Crippen molar-refractivity contribution in [3.8, 4) is 5.75 Å². The van der Waals surface area contributed by atoms with E-state index in [0.717, 1.165) is 25.0 Å². The smallest absolute Gasteiger partial charge is 0.312 e. The van der Waals surface area contributed by atoms with Crippen molar-refractivity contribution < 1.29 is 22.7 Å². The lowest BCUT2D eigenvalue weighted by Gasteiger charge is -2.22. The lowest BCUT2D eigenvalue weighted by molar-refractivity contribution is -0.135. The van der Waals surface area contributed by atoms with E-state index in [2.05, 4.69) is 15.2 Å². The molecule has 0 bridgehead atoms. The van der Waals surface area contributed by atoms with Crippen LogP contribution >= 0.6 is 0 Å². The molecular formula is C20H19F2N5O4. The third-order valence-corrected chi connectivity index (χ3v) is 4.78. The second-order valence-electron chi connectivity index (χ2n) is 7.21. The van der Waals surface area contributed by atoms with Crippen LogP contribution in [0.2, 0.25) is 0 Å². The number of benzene rings is 1. The molecule has 0 unspecified atom stereocenters. The highest BCUT2D eigenvalue weighted by Crippen LogP contribution is 2.45. The van der Waals surface area contributed by atoms with Crippen LogP contribution in [0.15, 0.2) is 39.7 Å². The van der Waals surface area contributed by atoms with E-state index in [1.807, 2.05) is 0 Å². The second-order valence-corrected chi connectivity index (χ2v) is 7.21. The number of pyridine rings is 1. The minimum Gasteiger partial charge on any atom is -0.483 e. The van der Waals surface area contributed by atoms with Gasteiger partial charge in [-0.1, -0.05) is 11.2 Å². The summed E-state index contributed by atoms with van der Waals surface area (Å²) < 4.78 is 38.6. The van der Waals surface area contributed by atoms with E-state index < -0.39 is 24.1 Å². The Balaban J connectivity index is 1.51. The summed E-state index contributed by atoms with van der Waals surface area (Å²) in [6, 6.07) is 4.64. The monoisotopic (exact) mass is 431 g/mol. The van der Waals surface area contributed by atoms with Crippen molar-refractivity contribution in [3.63, 3.8) is 0 Å². The zero-order valence-corrected chi connectivity index (χ0v) is 16.3. The van der Waals surface area contributed by atoms with E-state index in [1.54, 1.807) is 6.07 Å². The van der Waals surface area contributed by atoms with Crippen LogP contribution in [0, 0.1) is 11.6 Å². The highest BCUT2D eigenvalue weighted by atomic mass is 19.1. The highest BCUT2D eigenvalue weighted by molar-refractivity contribution is 5.77. The predicted octanol–water partition coefficient (Wildman–Crippen LogP) is 2.10. The third kappa shape index (κ3) is 5.05. The fourth-order valence-corrected chi connectivity index (χ4v) is 3.17. The lowest BCUT2D eigenvalue weighted by Crippen LogP contribution is -2.34. The number of carbonyl (C=O) groups excluding carboxylic acids is 1. The number of rotatable bonds is 8. The van der Waals surface area contributed by atoms with Crippen molar-refractivity contribution in [1.29, 1.82) is 0 Å². The molecule has 0 spiro atoms. The molecule has 1 amide bonds. The Morgan fingerprint density at radius 2 is 2.06 bits per heavy atom. The highest BCUT2D eigenvalue weighted by Gasteiger charge is 2.31. The topological polar surface area (TPSA) is 127 Å². The summed E-state index contributed by atoms with van der Waals surface area (Å²) in [6.07, 6.45) is 3.03. The standard InChI is InChI=1S/C20H19F2N5O4/c21-13-5-14(22)19(12-2-3-12)15(6-13)30-10-18(29)27(9-17-25-26-20(23)31-17)8-11-1-4-16(28)24-7-11/h1,4-7,12H,2-3,8-10H2,(H2,23,26)(H,24,28). The molecule has 162 valence electrons. The van der Waals surface area contributed by atoms with E-state index in [-0.39, 0.29) is 47.8 Å². The van der Waals surface area contributed by atoms with Crippen molar-refractivity contribution in [2.75, 3.05) is 12.3 Å². The van der Waals surface area contributed by atoms with Crippen LogP contribution in [0.3, 0.4) is 0 Å². The zero-order valence-electron chi connectivity index (χ0n) is 16.3. The molecular weight excluding hydrogens is 412 g/mol. The lowest BCUT2D eigenvalue weighted by atomic mass is 10.1. The molecule has 3 N–H and O–H groups in total. The van der Waals surface area contributed by atoms with E-state index in [0.29, 0.717) is 5.56 Å². The number of ether oxygens (including phenoxy) is 1. The van der Waals surface area contributed by atoms with Crippen LogP contribution in [-0.2, 0) is 17.9 Å². The number of H-pyrrole nitrogens is 1. The van der Waals surface area contributed by atoms with Gasteiger partial charge < -0.3 is 24.8 Å². The largest absolute Gasteiger partial charge is 0.483 e. The van der Waals surface area contributed by atoms with Crippen molar-refractivity contribution in [3.05, 3.63) is 69.5 Å². The van der Waals surface area contributed by atoms with Gasteiger partial charge in [-0.05, 0) is 24.3 Å². The van der Waals surface area contributed by atoms with Crippen molar-refractivity contribution in [1.82, 2.24) is 20.1 Å². The average Bonchev–Trinajstić information content (AvgIpc) is 3.47. The number of hydrogen-bond donors (Lipinski definition) is 2. The number of hydrogen-bond acceptors (Lipinski definition) is 7. The van der Waals surface area contributed by atoms with Gasteiger partial charge in [0.1, 0.15) is 17.4 Å². The molecule has 1 fully saturated rings. The van der Waals surface area contributed by atoms with E-state index in [4.69, 9.17) is 14.9 Å². The molecule has 0 atom stereocenters. The average molecular weight is 431 g/mol. The van der Waals surface area contributed by atoms with Gasteiger partial charge in [0.2, 0.25) is 11.4 Å². The number of aromatic amines is 1. The molecule has 1 aliphatic carbocycles. The van der Waals surface area contributed by atoms with Crippen LogP contribution in [-0.4, -0.2) is 32.6 Å². The van der Waals surface area contributed by atoms with Gasteiger partial charge in [0.25, 0.3) is 5.91 Å². The molecule has 4 rings (SSSR count). The molecule has 0 radical (unpaired) electrons. The Bertz CT molecular complexity index is 1140. The summed E-state index contributed by atoms with van der Waals surface area (Å²) in [5.41, 5.74) is 6.07. The van der Waals surface area contributed by atoms with Crippen LogP contribution in [0.4, 0.5) is 14.8 Å². The molecule has 3 aromatic rings. The van der Waals surface area contributed by atoms with Gasteiger partial charge in [-0.2, -0.15) is 0 Å². The second kappa shape index (κ2) is 8.54. The molecule has 2 heterocycles. The maximum atomic E-state index is 14.2. The Labute approximate surface area is 174 Å². The summed E-state index contributed by atoms with van der Waals surface area (Å²) >= 11 is 0. The number of nitrogens with two attached hydrogens (primary N) is 1. The predicted molar refractivity (Wildman–Crippen MR) is 104 cm³/mol. The number of amides is 1. The minimum atomic E-state index is -0.782. The fourth-order valence-electron chi connectivity index (χ4n) is 3.17. The maximum Gasteiger partial charge on any atom is 0.312 e. The van der Waals surface area contributed by atoms with E-state index in [9.17, 15) is 18.4 Å². The molecule has 1 aromatic carbocycles. The first-order valence-electron chi connectivity index (χ1n) is 9.54. The SMILES string of the molecule is Nc1nnc(CN(Cc2ccc(=O)[nH]c2)C(=O)COc2cc(F)cc(F)c2C2CC2)o1. The maximum absolute atomic E-state index is 14.2. The number of anilines is 1. The molecule has 1 aliphatic rings. The number of aromatic nitrogens is 3. The summed E-state index contributed by atoms with van der Waals surface area (Å²) in [6.45, 7) is -0.442. The van der Waals surface area contributed by atoms with Crippen LogP contribution in [0.5, 0.6) is 5.75 Å². The van der Waals surface area contributed by atoms with E-state index >= 15 is 0 Å². The van der Waals surface area contributed by atoms with E-state index in [1.165, 1.54) is 17.2 Å². The van der Waals surface area contributed by atoms with Gasteiger partial charge in [-0.3, -0.25) is 9.59 Å². The van der Waals surface area contributed by atoms with Gasteiger partial charge in [-0.25, -0.2) is 8.78 Å².